The van der Waals surface area contributed by atoms with Crippen LogP contribution >= 0.6 is 15.9 Å². The molecule has 0 unspecified atom stereocenters. The molecule has 144 valence electrons. The van der Waals surface area contributed by atoms with Crippen LogP contribution in [0.1, 0.15) is 10.4 Å². The molecular weight excluding hydrogens is 448 g/mol. The molecule has 3 aromatic rings. The Hall–Kier alpha value is -2.91. The van der Waals surface area contributed by atoms with E-state index in [1.165, 1.54) is 31.5 Å². The van der Waals surface area contributed by atoms with Crippen LogP contribution in [0.15, 0.2) is 70.3 Å². The first-order valence-corrected chi connectivity index (χ1v) is 10.2. The van der Waals surface area contributed by atoms with Crippen molar-refractivity contribution in [3.8, 4) is 16.9 Å². The molecule has 0 aliphatic rings. The highest BCUT2D eigenvalue weighted by molar-refractivity contribution is 9.10. The van der Waals surface area contributed by atoms with E-state index in [0.717, 1.165) is 0 Å². The van der Waals surface area contributed by atoms with Gasteiger partial charge in [0.15, 0.2) is 0 Å². The molecule has 1 aromatic heterocycles. The van der Waals surface area contributed by atoms with Crippen LogP contribution in [-0.2, 0) is 10.0 Å². The van der Waals surface area contributed by atoms with Crippen LogP contribution in [0.2, 0.25) is 0 Å². The van der Waals surface area contributed by atoms with Crippen molar-refractivity contribution in [1.29, 1.82) is 0 Å². The van der Waals surface area contributed by atoms with E-state index in [0.29, 0.717) is 15.6 Å². The van der Waals surface area contributed by atoms with Gasteiger partial charge in [0, 0.05) is 16.2 Å². The summed E-state index contributed by atoms with van der Waals surface area (Å²) in [4.78, 5) is 15.0. The zero-order valence-electron chi connectivity index (χ0n) is 14.6. The van der Waals surface area contributed by atoms with Crippen LogP contribution in [0, 0.1) is 0 Å². The van der Waals surface area contributed by atoms with Crippen molar-refractivity contribution >= 4 is 37.6 Å². The number of aromatic nitrogens is 1. The molecule has 28 heavy (non-hydrogen) atoms. The Morgan fingerprint density at radius 1 is 1.07 bits per heavy atom. The average molecular weight is 463 g/mol. The van der Waals surface area contributed by atoms with Crippen LogP contribution in [0.5, 0.6) is 5.75 Å². The number of anilines is 1. The smallest absolute Gasteiger partial charge is 0.335 e. The van der Waals surface area contributed by atoms with Crippen LogP contribution in [0.3, 0.4) is 0 Å². The SMILES string of the molecule is COc1ccc(Br)cc1S(=O)(=O)Nc1cncc(-c2ccc(C(=O)O)cc2)c1. The Bertz CT molecular complexity index is 1130. The predicted octanol–water partition coefficient (Wildman–Crippen LogP) is 4.02. The molecule has 9 heteroatoms. The minimum atomic E-state index is -3.92. The second kappa shape index (κ2) is 7.99. The van der Waals surface area contributed by atoms with Gasteiger partial charge >= 0.3 is 5.97 Å². The van der Waals surface area contributed by atoms with Crippen LogP contribution < -0.4 is 9.46 Å². The molecule has 0 aliphatic heterocycles. The Morgan fingerprint density at radius 3 is 2.43 bits per heavy atom. The predicted molar refractivity (Wildman–Crippen MR) is 108 cm³/mol. The lowest BCUT2D eigenvalue weighted by Gasteiger charge is -2.12. The number of benzene rings is 2. The molecule has 7 nitrogen and oxygen atoms in total. The normalized spacial score (nSPS) is 11.1. The Balaban J connectivity index is 1.92. The first-order valence-electron chi connectivity index (χ1n) is 7.95. The molecule has 0 fully saturated rings. The maximum atomic E-state index is 12.8. The first-order chi connectivity index (χ1) is 13.3. The molecule has 0 bridgehead atoms. The molecule has 0 amide bonds. The van der Waals surface area contributed by atoms with Gasteiger partial charge in [0.05, 0.1) is 24.6 Å². The number of halogens is 1. The minimum absolute atomic E-state index is 0.0133. The molecule has 2 aromatic carbocycles. The minimum Gasteiger partial charge on any atom is -0.495 e. The van der Waals surface area contributed by atoms with Gasteiger partial charge in [-0.05, 0) is 42.0 Å². The summed E-state index contributed by atoms with van der Waals surface area (Å²) < 4.78 is 33.8. The van der Waals surface area contributed by atoms with E-state index in [9.17, 15) is 13.2 Å². The molecule has 0 aliphatic carbocycles. The Kier molecular flexibility index (Phi) is 5.66. The molecule has 0 radical (unpaired) electrons. The van der Waals surface area contributed by atoms with E-state index in [1.807, 2.05) is 0 Å². The number of rotatable bonds is 6. The van der Waals surface area contributed by atoms with E-state index in [1.54, 1.807) is 36.5 Å². The molecule has 3 rings (SSSR count). The standard InChI is InChI=1S/C19H15BrN2O5S/c1-27-17-7-6-15(20)9-18(17)28(25,26)22-16-8-14(10-21-11-16)12-2-4-13(5-3-12)19(23)24/h2-11,22H,1H3,(H,23,24). The topological polar surface area (TPSA) is 106 Å². The van der Waals surface area contributed by atoms with Gasteiger partial charge in [-0.1, -0.05) is 28.1 Å². The van der Waals surface area contributed by atoms with Gasteiger partial charge in [0.25, 0.3) is 10.0 Å². The van der Waals surface area contributed by atoms with Gasteiger partial charge in [0.1, 0.15) is 10.6 Å². The largest absolute Gasteiger partial charge is 0.495 e. The van der Waals surface area contributed by atoms with E-state index in [4.69, 9.17) is 9.84 Å². The number of hydrogen-bond acceptors (Lipinski definition) is 5. The van der Waals surface area contributed by atoms with Crippen molar-refractivity contribution in [2.24, 2.45) is 0 Å². The number of nitrogens with zero attached hydrogens (tertiary/aromatic N) is 1. The summed E-state index contributed by atoms with van der Waals surface area (Å²) >= 11 is 3.26. The summed E-state index contributed by atoms with van der Waals surface area (Å²) in [5.41, 5.74) is 1.77. The van der Waals surface area contributed by atoms with Crippen molar-refractivity contribution in [2.75, 3.05) is 11.8 Å². The number of pyridine rings is 1. The molecule has 0 atom stereocenters. The summed E-state index contributed by atoms with van der Waals surface area (Å²) in [6, 6.07) is 12.5. The molecule has 1 heterocycles. The zero-order chi connectivity index (χ0) is 20.3. The van der Waals surface area contributed by atoms with Crippen molar-refractivity contribution in [3.05, 3.63) is 71.0 Å². The molecule has 2 N–H and O–H groups in total. The maximum absolute atomic E-state index is 12.8. The Morgan fingerprint density at radius 2 is 1.79 bits per heavy atom. The monoisotopic (exact) mass is 462 g/mol. The number of carbonyl (C=O) groups is 1. The molecule has 0 saturated heterocycles. The average Bonchev–Trinajstić information content (AvgIpc) is 2.68. The summed E-state index contributed by atoms with van der Waals surface area (Å²) in [5.74, 6) is -0.807. The fourth-order valence-electron chi connectivity index (χ4n) is 2.53. The fraction of sp³-hybridized carbons (Fsp3) is 0.0526. The third kappa shape index (κ3) is 4.32. The summed E-state index contributed by atoms with van der Waals surface area (Å²) in [7, 11) is -2.52. The highest BCUT2D eigenvalue weighted by Gasteiger charge is 2.20. The lowest BCUT2D eigenvalue weighted by molar-refractivity contribution is 0.0697. The molecular formula is C19H15BrN2O5S. The van der Waals surface area contributed by atoms with Gasteiger partial charge < -0.3 is 9.84 Å². The fourth-order valence-corrected chi connectivity index (χ4v) is 4.27. The summed E-state index contributed by atoms with van der Waals surface area (Å²) in [6.07, 6.45) is 2.95. The van der Waals surface area contributed by atoms with E-state index < -0.39 is 16.0 Å². The number of nitrogens with one attached hydrogen (secondary N) is 1. The number of carboxylic acid groups (broad SMARTS) is 1. The van der Waals surface area contributed by atoms with Crippen LogP contribution in [0.4, 0.5) is 5.69 Å². The van der Waals surface area contributed by atoms with Crippen LogP contribution in [-0.4, -0.2) is 31.6 Å². The van der Waals surface area contributed by atoms with E-state index in [2.05, 4.69) is 25.6 Å². The van der Waals surface area contributed by atoms with E-state index >= 15 is 0 Å². The summed E-state index contributed by atoms with van der Waals surface area (Å²) in [6.45, 7) is 0. The van der Waals surface area contributed by atoms with Gasteiger partial charge in [-0.25, -0.2) is 13.2 Å². The lowest BCUT2D eigenvalue weighted by Crippen LogP contribution is -2.14. The first kappa shape index (κ1) is 19.8. The Labute approximate surface area is 170 Å². The van der Waals surface area contributed by atoms with E-state index in [-0.39, 0.29) is 21.9 Å². The van der Waals surface area contributed by atoms with Crippen molar-refractivity contribution in [1.82, 2.24) is 4.98 Å². The van der Waals surface area contributed by atoms with Gasteiger partial charge in [-0.3, -0.25) is 9.71 Å². The highest BCUT2D eigenvalue weighted by atomic mass is 79.9. The number of carboxylic acids is 1. The quantitative estimate of drug-likeness (QED) is 0.572. The number of ether oxygens (including phenoxy) is 1. The van der Waals surface area contributed by atoms with Crippen molar-refractivity contribution < 1.29 is 23.1 Å². The van der Waals surface area contributed by atoms with Gasteiger partial charge in [-0.2, -0.15) is 0 Å². The van der Waals surface area contributed by atoms with Gasteiger partial charge in [0.2, 0.25) is 0 Å². The molecule has 0 saturated carbocycles. The number of methoxy groups -OCH3 is 1. The second-order valence-electron chi connectivity index (χ2n) is 5.75. The lowest BCUT2D eigenvalue weighted by atomic mass is 10.1. The summed E-state index contributed by atoms with van der Waals surface area (Å²) in [5, 5.41) is 8.99. The third-order valence-electron chi connectivity index (χ3n) is 3.87. The second-order valence-corrected chi connectivity index (χ2v) is 8.31. The van der Waals surface area contributed by atoms with Crippen LogP contribution in [0.25, 0.3) is 11.1 Å². The molecule has 0 spiro atoms. The third-order valence-corrected chi connectivity index (χ3v) is 5.77. The zero-order valence-corrected chi connectivity index (χ0v) is 17.0. The van der Waals surface area contributed by atoms with Crippen molar-refractivity contribution in [2.45, 2.75) is 4.90 Å². The van der Waals surface area contributed by atoms with Gasteiger partial charge in [-0.15, -0.1) is 0 Å². The maximum Gasteiger partial charge on any atom is 0.335 e. The highest BCUT2D eigenvalue weighted by Crippen LogP contribution is 2.29. The van der Waals surface area contributed by atoms with Crippen molar-refractivity contribution in [3.63, 3.8) is 0 Å². The number of aromatic carboxylic acids is 1. The number of sulfonamides is 1. The number of hydrogen-bond donors (Lipinski definition) is 2.